The second-order valence-corrected chi connectivity index (χ2v) is 4.84. The molecule has 2 aromatic rings. The van der Waals surface area contributed by atoms with Gasteiger partial charge in [0.1, 0.15) is 18.1 Å². The lowest BCUT2D eigenvalue weighted by Crippen LogP contribution is -2.24. The molecule has 21 heavy (non-hydrogen) atoms. The Bertz CT molecular complexity index is 511. The fourth-order valence-electron chi connectivity index (χ4n) is 2.10. The van der Waals surface area contributed by atoms with Gasteiger partial charge in [0.25, 0.3) is 0 Å². The second kappa shape index (κ2) is 8.32. The average molecular weight is 285 g/mol. The maximum absolute atomic E-state index is 5.71. The topological polar surface area (TPSA) is 30.5 Å². The Kier molecular flexibility index (Phi) is 6.10. The molecule has 0 fully saturated rings. The Morgan fingerprint density at radius 2 is 1.52 bits per heavy atom. The van der Waals surface area contributed by atoms with E-state index in [0.29, 0.717) is 19.3 Å². The van der Waals surface area contributed by atoms with Crippen LogP contribution < -0.4 is 14.8 Å². The van der Waals surface area contributed by atoms with Gasteiger partial charge in [0.15, 0.2) is 0 Å². The molecule has 0 radical (unpaired) electrons. The fraction of sp³-hybridized carbons (Fsp3) is 0.333. The van der Waals surface area contributed by atoms with Crippen LogP contribution in [0, 0.1) is 0 Å². The summed E-state index contributed by atoms with van der Waals surface area (Å²) in [6.45, 7) is 6.27. The van der Waals surface area contributed by atoms with Crippen molar-refractivity contribution in [3.63, 3.8) is 0 Å². The Morgan fingerprint density at radius 3 is 2.14 bits per heavy atom. The minimum atomic E-state index is 0.329. The number of nitrogens with one attached hydrogen (secondary N) is 1. The highest BCUT2D eigenvalue weighted by Gasteiger charge is 2.03. The first kappa shape index (κ1) is 15.4. The highest BCUT2D eigenvalue weighted by atomic mass is 16.5. The van der Waals surface area contributed by atoms with Crippen molar-refractivity contribution in [2.24, 2.45) is 0 Å². The van der Waals surface area contributed by atoms with Crippen molar-refractivity contribution in [3.8, 4) is 11.5 Å². The van der Waals surface area contributed by atoms with E-state index in [-0.39, 0.29) is 0 Å². The summed E-state index contributed by atoms with van der Waals surface area (Å²) in [7, 11) is 0. The van der Waals surface area contributed by atoms with E-state index in [1.165, 1.54) is 5.56 Å². The summed E-state index contributed by atoms with van der Waals surface area (Å²) in [6.07, 6.45) is 0. The van der Waals surface area contributed by atoms with Gasteiger partial charge < -0.3 is 14.8 Å². The zero-order valence-electron chi connectivity index (χ0n) is 12.7. The van der Waals surface area contributed by atoms with Gasteiger partial charge in [-0.25, -0.2) is 0 Å². The van der Waals surface area contributed by atoms with Gasteiger partial charge in [-0.3, -0.25) is 0 Å². The summed E-state index contributed by atoms with van der Waals surface area (Å²) in [5, 5.41) is 3.45. The number of benzene rings is 2. The van der Waals surface area contributed by atoms with Crippen molar-refractivity contribution >= 4 is 0 Å². The maximum Gasteiger partial charge on any atom is 0.119 e. The first-order valence-corrected chi connectivity index (χ1v) is 7.43. The molecule has 0 saturated carbocycles. The zero-order valence-corrected chi connectivity index (χ0v) is 12.7. The molecule has 0 heterocycles. The summed E-state index contributed by atoms with van der Waals surface area (Å²) in [5.74, 6) is 1.74. The summed E-state index contributed by atoms with van der Waals surface area (Å²) in [5.41, 5.74) is 1.29. The fourth-order valence-corrected chi connectivity index (χ4v) is 2.10. The molecule has 0 aromatic heterocycles. The molecule has 1 N–H and O–H groups in total. The van der Waals surface area contributed by atoms with Crippen molar-refractivity contribution in [1.82, 2.24) is 5.32 Å². The van der Waals surface area contributed by atoms with Crippen LogP contribution in [0.15, 0.2) is 54.6 Å². The van der Waals surface area contributed by atoms with Crippen LogP contribution in [0.4, 0.5) is 0 Å². The van der Waals surface area contributed by atoms with E-state index >= 15 is 0 Å². The first-order chi connectivity index (χ1) is 10.3. The van der Waals surface area contributed by atoms with Crippen molar-refractivity contribution in [2.75, 3.05) is 19.8 Å². The SMILES string of the molecule is CCOc1ccc(OCCNC(C)c2ccccc2)cc1. The largest absolute Gasteiger partial charge is 0.494 e. The normalized spacial score (nSPS) is 11.9. The predicted octanol–water partition coefficient (Wildman–Crippen LogP) is 3.81. The van der Waals surface area contributed by atoms with Crippen LogP contribution in [0.25, 0.3) is 0 Å². The summed E-state index contributed by atoms with van der Waals surface area (Å²) in [4.78, 5) is 0. The molecular formula is C18H23NO2. The minimum absolute atomic E-state index is 0.329. The zero-order chi connectivity index (χ0) is 14.9. The molecule has 2 aromatic carbocycles. The van der Waals surface area contributed by atoms with Gasteiger partial charge in [-0.2, -0.15) is 0 Å². The molecule has 0 bridgehead atoms. The van der Waals surface area contributed by atoms with Crippen molar-refractivity contribution in [2.45, 2.75) is 19.9 Å². The van der Waals surface area contributed by atoms with Crippen LogP contribution in [0.1, 0.15) is 25.5 Å². The summed E-state index contributed by atoms with van der Waals surface area (Å²) >= 11 is 0. The Morgan fingerprint density at radius 1 is 0.905 bits per heavy atom. The summed E-state index contributed by atoms with van der Waals surface area (Å²) in [6, 6.07) is 18.5. The van der Waals surface area contributed by atoms with Crippen LogP contribution in [-0.4, -0.2) is 19.8 Å². The van der Waals surface area contributed by atoms with E-state index < -0.39 is 0 Å². The third kappa shape index (κ3) is 5.12. The maximum atomic E-state index is 5.71. The van der Waals surface area contributed by atoms with E-state index in [9.17, 15) is 0 Å². The van der Waals surface area contributed by atoms with Gasteiger partial charge in [-0.15, -0.1) is 0 Å². The molecule has 0 aliphatic rings. The van der Waals surface area contributed by atoms with E-state index in [4.69, 9.17) is 9.47 Å². The van der Waals surface area contributed by atoms with E-state index in [1.807, 2.05) is 37.3 Å². The molecule has 1 atom stereocenters. The molecule has 3 nitrogen and oxygen atoms in total. The molecule has 0 amide bonds. The van der Waals surface area contributed by atoms with Crippen LogP contribution in [-0.2, 0) is 0 Å². The molecule has 0 saturated heterocycles. The van der Waals surface area contributed by atoms with Crippen LogP contribution in [0.3, 0.4) is 0 Å². The van der Waals surface area contributed by atoms with E-state index in [1.54, 1.807) is 0 Å². The van der Waals surface area contributed by atoms with Crippen LogP contribution in [0.5, 0.6) is 11.5 Å². The quantitative estimate of drug-likeness (QED) is 0.748. The predicted molar refractivity (Wildman–Crippen MR) is 86.0 cm³/mol. The lowest BCUT2D eigenvalue weighted by atomic mass is 10.1. The number of rotatable bonds is 8. The standard InChI is InChI=1S/C18H23NO2/c1-3-20-17-9-11-18(12-10-17)21-14-13-19-15(2)16-7-5-4-6-8-16/h4-12,15,19H,3,13-14H2,1-2H3. The second-order valence-electron chi connectivity index (χ2n) is 4.84. The molecular weight excluding hydrogens is 262 g/mol. The number of ether oxygens (including phenoxy) is 2. The number of hydrogen-bond donors (Lipinski definition) is 1. The lowest BCUT2D eigenvalue weighted by Gasteiger charge is -2.14. The van der Waals surface area contributed by atoms with Crippen LogP contribution in [0.2, 0.25) is 0 Å². The van der Waals surface area contributed by atoms with Gasteiger partial charge in [0, 0.05) is 12.6 Å². The Labute approximate surface area is 126 Å². The first-order valence-electron chi connectivity index (χ1n) is 7.43. The van der Waals surface area contributed by atoms with Crippen LogP contribution >= 0.6 is 0 Å². The molecule has 112 valence electrons. The smallest absolute Gasteiger partial charge is 0.119 e. The molecule has 0 spiro atoms. The molecule has 0 aliphatic carbocycles. The lowest BCUT2D eigenvalue weighted by molar-refractivity contribution is 0.305. The summed E-state index contributed by atoms with van der Waals surface area (Å²) < 4.78 is 11.1. The number of hydrogen-bond acceptors (Lipinski definition) is 3. The average Bonchev–Trinajstić information content (AvgIpc) is 2.54. The third-order valence-electron chi connectivity index (χ3n) is 3.26. The molecule has 0 aliphatic heterocycles. The molecule has 3 heteroatoms. The molecule has 1 unspecified atom stereocenters. The van der Waals surface area contributed by atoms with Crippen molar-refractivity contribution in [1.29, 1.82) is 0 Å². The van der Waals surface area contributed by atoms with Gasteiger partial charge >= 0.3 is 0 Å². The Balaban J connectivity index is 1.69. The van der Waals surface area contributed by atoms with Gasteiger partial charge in [0.05, 0.1) is 6.61 Å². The van der Waals surface area contributed by atoms with Gasteiger partial charge in [-0.05, 0) is 43.7 Å². The van der Waals surface area contributed by atoms with Gasteiger partial charge in [0.2, 0.25) is 0 Å². The van der Waals surface area contributed by atoms with E-state index in [0.717, 1.165) is 18.0 Å². The van der Waals surface area contributed by atoms with Crippen molar-refractivity contribution in [3.05, 3.63) is 60.2 Å². The molecule has 2 rings (SSSR count). The van der Waals surface area contributed by atoms with E-state index in [2.05, 4.69) is 36.5 Å². The van der Waals surface area contributed by atoms with Crippen molar-refractivity contribution < 1.29 is 9.47 Å². The minimum Gasteiger partial charge on any atom is -0.494 e. The Hall–Kier alpha value is -2.00. The highest BCUT2D eigenvalue weighted by molar-refractivity contribution is 5.31. The monoisotopic (exact) mass is 285 g/mol. The third-order valence-corrected chi connectivity index (χ3v) is 3.26. The van der Waals surface area contributed by atoms with Gasteiger partial charge in [-0.1, -0.05) is 30.3 Å². The highest BCUT2D eigenvalue weighted by Crippen LogP contribution is 2.17.